The molecule has 1 amide bonds. The topological polar surface area (TPSA) is 55.6 Å². The molecule has 0 aromatic heterocycles. The van der Waals surface area contributed by atoms with E-state index in [1.807, 2.05) is 11.8 Å². The lowest BCUT2D eigenvalue weighted by Gasteiger charge is -2.26. The van der Waals surface area contributed by atoms with Crippen LogP contribution in [0.2, 0.25) is 0 Å². The zero-order valence-corrected chi connectivity index (χ0v) is 11.2. The molecule has 0 aromatic carbocycles. The highest BCUT2D eigenvalue weighted by atomic mass is 16.5. The van der Waals surface area contributed by atoms with Crippen molar-refractivity contribution in [2.75, 3.05) is 26.3 Å². The number of carbonyl (C=O) groups is 1. The summed E-state index contributed by atoms with van der Waals surface area (Å²) in [6, 6.07) is -0.322. The lowest BCUT2D eigenvalue weighted by atomic mass is 10.1. The number of carbonyl (C=O) groups excluding carboxylic acids is 1. The molecule has 1 rings (SSSR count). The van der Waals surface area contributed by atoms with Gasteiger partial charge in [-0.1, -0.05) is 19.8 Å². The van der Waals surface area contributed by atoms with Gasteiger partial charge in [0, 0.05) is 25.6 Å². The fourth-order valence-corrected chi connectivity index (χ4v) is 2.20. The van der Waals surface area contributed by atoms with Gasteiger partial charge in [-0.3, -0.25) is 4.79 Å². The lowest BCUT2D eigenvalue weighted by molar-refractivity contribution is -0.133. The quantitative estimate of drug-likeness (QED) is 0.734. The first-order chi connectivity index (χ1) is 8.19. The van der Waals surface area contributed by atoms with Crippen molar-refractivity contribution >= 4 is 5.91 Å². The van der Waals surface area contributed by atoms with Gasteiger partial charge in [-0.15, -0.1) is 0 Å². The standard InChI is InChI=1S/C13H26N2O2/c1-3-5-6-12(14)13(16)15(4-2)9-11-7-8-17-10-11/h11-12H,3-10,14H2,1-2H3/t11?,12-/m0/s1. The van der Waals surface area contributed by atoms with Crippen molar-refractivity contribution in [3.05, 3.63) is 0 Å². The minimum atomic E-state index is -0.322. The summed E-state index contributed by atoms with van der Waals surface area (Å²) in [7, 11) is 0. The molecule has 0 saturated carbocycles. The number of unbranched alkanes of at least 4 members (excludes halogenated alkanes) is 1. The summed E-state index contributed by atoms with van der Waals surface area (Å²) in [5.74, 6) is 0.602. The van der Waals surface area contributed by atoms with Crippen LogP contribution < -0.4 is 5.73 Å². The SMILES string of the molecule is CCCC[C@H](N)C(=O)N(CC)CC1CCOC1. The maximum Gasteiger partial charge on any atom is 0.239 e. The van der Waals surface area contributed by atoms with Crippen LogP contribution in [0.5, 0.6) is 0 Å². The molecule has 0 aliphatic carbocycles. The van der Waals surface area contributed by atoms with Crippen LogP contribution >= 0.6 is 0 Å². The van der Waals surface area contributed by atoms with E-state index in [1.54, 1.807) is 0 Å². The summed E-state index contributed by atoms with van der Waals surface area (Å²) in [5, 5.41) is 0. The van der Waals surface area contributed by atoms with Crippen molar-refractivity contribution in [1.29, 1.82) is 0 Å². The van der Waals surface area contributed by atoms with E-state index >= 15 is 0 Å². The Bertz CT molecular complexity index is 227. The molecular formula is C13H26N2O2. The predicted molar refractivity (Wildman–Crippen MR) is 68.7 cm³/mol. The average molecular weight is 242 g/mol. The second kappa shape index (κ2) is 7.67. The molecule has 4 heteroatoms. The number of hydrogen-bond acceptors (Lipinski definition) is 3. The van der Waals surface area contributed by atoms with E-state index in [1.165, 1.54) is 0 Å². The van der Waals surface area contributed by atoms with Gasteiger partial charge in [-0.25, -0.2) is 0 Å². The van der Waals surface area contributed by atoms with E-state index in [2.05, 4.69) is 6.92 Å². The molecule has 1 heterocycles. The number of rotatable bonds is 7. The minimum absolute atomic E-state index is 0.104. The molecule has 2 atom stereocenters. The van der Waals surface area contributed by atoms with Gasteiger partial charge in [0.15, 0.2) is 0 Å². The van der Waals surface area contributed by atoms with Crippen LogP contribution in [0, 0.1) is 5.92 Å². The van der Waals surface area contributed by atoms with Gasteiger partial charge < -0.3 is 15.4 Å². The molecule has 100 valence electrons. The number of nitrogens with zero attached hydrogens (tertiary/aromatic N) is 1. The highest BCUT2D eigenvalue weighted by Crippen LogP contribution is 2.14. The molecule has 0 aromatic rings. The third kappa shape index (κ3) is 4.64. The van der Waals surface area contributed by atoms with Crippen LogP contribution in [0.25, 0.3) is 0 Å². The smallest absolute Gasteiger partial charge is 0.239 e. The van der Waals surface area contributed by atoms with Gasteiger partial charge in [0.25, 0.3) is 0 Å². The molecule has 1 saturated heterocycles. The van der Waals surface area contributed by atoms with Crippen LogP contribution in [0.1, 0.15) is 39.5 Å². The first kappa shape index (κ1) is 14.5. The number of likely N-dealkylation sites (N-methyl/N-ethyl adjacent to an activating group) is 1. The van der Waals surface area contributed by atoms with Gasteiger partial charge in [-0.05, 0) is 19.8 Å². The Balaban J connectivity index is 2.39. The van der Waals surface area contributed by atoms with Gasteiger partial charge >= 0.3 is 0 Å². The lowest BCUT2D eigenvalue weighted by Crippen LogP contribution is -2.45. The van der Waals surface area contributed by atoms with Crippen molar-refractivity contribution < 1.29 is 9.53 Å². The molecule has 17 heavy (non-hydrogen) atoms. The summed E-state index contributed by atoms with van der Waals surface area (Å²) in [4.78, 5) is 14.0. The van der Waals surface area contributed by atoms with Crippen LogP contribution in [0.15, 0.2) is 0 Å². The number of hydrogen-bond donors (Lipinski definition) is 1. The molecule has 1 fully saturated rings. The third-order valence-electron chi connectivity index (χ3n) is 3.38. The maximum absolute atomic E-state index is 12.1. The number of nitrogens with two attached hydrogens (primary N) is 1. The monoisotopic (exact) mass is 242 g/mol. The van der Waals surface area contributed by atoms with E-state index in [0.29, 0.717) is 5.92 Å². The molecule has 4 nitrogen and oxygen atoms in total. The Labute approximate surface area is 104 Å². The Morgan fingerprint density at radius 2 is 2.29 bits per heavy atom. The summed E-state index contributed by atoms with van der Waals surface area (Å²) >= 11 is 0. The van der Waals surface area contributed by atoms with Gasteiger partial charge in [0.2, 0.25) is 5.91 Å². The van der Waals surface area contributed by atoms with Crippen LogP contribution in [0.4, 0.5) is 0 Å². The van der Waals surface area contributed by atoms with Gasteiger partial charge in [-0.2, -0.15) is 0 Å². The minimum Gasteiger partial charge on any atom is -0.381 e. The maximum atomic E-state index is 12.1. The largest absolute Gasteiger partial charge is 0.381 e. The second-order valence-electron chi connectivity index (χ2n) is 4.86. The Kier molecular flexibility index (Phi) is 6.52. The van der Waals surface area contributed by atoms with Crippen LogP contribution in [0.3, 0.4) is 0 Å². The summed E-state index contributed by atoms with van der Waals surface area (Å²) < 4.78 is 5.34. The molecule has 0 spiro atoms. The summed E-state index contributed by atoms with van der Waals surface area (Å²) in [6.07, 6.45) is 3.97. The number of amides is 1. The van der Waals surface area contributed by atoms with Crippen LogP contribution in [-0.2, 0) is 9.53 Å². The molecular weight excluding hydrogens is 216 g/mol. The normalized spacial score (nSPS) is 21.5. The van der Waals surface area contributed by atoms with E-state index in [0.717, 1.165) is 52.0 Å². The third-order valence-corrected chi connectivity index (χ3v) is 3.38. The van der Waals surface area contributed by atoms with Crippen LogP contribution in [-0.4, -0.2) is 43.2 Å². The zero-order chi connectivity index (χ0) is 12.7. The Morgan fingerprint density at radius 1 is 1.53 bits per heavy atom. The van der Waals surface area contributed by atoms with E-state index in [-0.39, 0.29) is 11.9 Å². The summed E-state index contributed by atoms with van der Waals surface area (Å²) in [5.41, 5.74) is 5.93. The van der Waals surface area contributed by atoms with Crippen molar-refractivity contribution in [2.45, 2.75) is 45.6 Å². The molecule has 0 bridgehead atoms. The van der Waals surface area contributed by atoms with E-state index < -0.39 is 0 Å². The van der Waals surface area contributed by atoms with Crippen molar-refractivity contribution in [1.82, 2.24) is 4.90 Å². The molecule has 2 N–H and O–H groups in total. The van der Waals surface area contributed by atoms with Crippen molar-refractivity contribution in [3.63, 3.8) is 0 Å². The van der Waals surface area contributed by atoms with E-state index in [4.69, 9.17) is 10.5 Å². The number of ether oxygens (including phenoxy) is 1. The molecule has 1 aliphatic heterocycles. The Hall–Kier alpha value is -0.610. The highest BCUT2D eigenvalue weighted by Gasteiger charge is 2.24. The van der Waals surface area contributed by atoms with Crippen molar-refractivity contribution in [3.8, 4) is 0 Å². The van der Waals surface area contributed by atoms with Gasteiger partial charge in [0.05, 0.1) is 12.6 Å². The second-order valence-corrected chi connectivity index (χ2v) is 4.86. The average Bonchev–Trinajstić information content (AvgIpc) is 2.84. The molecule has 0 radical (unpaired) electrons. The highest BCUT2D eigenvalue weighted by molar-refractivity contribution is 5.81. The zero-order valence-electron chi connectivity index (χ0n) is 11.2. The van der Waals surface area contributed by atoms with Gasteiger partial charge in [0.1, 0.15) is 0 Å². The Morgan fingerprint density at radius 3 is 2.82 bits per heavy atom. The first-order valence-electron chi connectivity index (χ1n) is 6.81. The first-order valence-corrected chi connectivity index (χ1v) is 6.81. The molecule has 1 aliphatic rings. The van der Waals surface area contributed by atoms with Crippen molar-refractivity contribution in [2.24, 2.45) is 11.7 Å². The fraction of sp³-hybridized carbons (Fsp3) is 0.923. The summed E-state index contributed by atoms with van der Waals surface area (Å²) in [6.45, 7) is 7.29. The van der Waals surface area contributed by atoms with E-state index in [9.17, 15) is 4.79 Å². The molecule has 1 unspecified atom stereocenters. The predicted octanol–water partition coefficient (Wildman–Crippen LogP) is 1.39. The fourth-order valence-electron chi connectivity index (χ4n) is 2.20.